The molecule has 1 aliphatic heterocycles. The van der Waals surface area contributed by atoms with Crippen LogP contribution in [0.15, 0.2) is 24.3 Å². The Morgan fingerprint density at radius 3 is 2.29 bits per heavy atom. The van der Waals surface area contributed by atoms with Crippen molar-refractivity contribution < 1.29 is 8.42 Å². The fourth-order valence-corrected chi connectivity index (χ4v) is 4.35. The molecule has 1 fully saturated rings. The van der Waals surface area contributed by atoms with E-state index in [1.165, 1.54) is 11.3 Å². The lowest BCUT2D eigenvalue weighted by Crippen LogP contribution is -2.49. The summed E-state index contributed by atoms with van der Waals surface area (Å²) in [6.07, 6.45) is 0.679. The average Bonchev–Trinajstić information content (AvgIpc) is 2.47. The van der Waals surface area contributed by atoms with Crippen molar-refractivity contribution in [3.63, 3.8) is 0 Å². The maximum atomic E-state index is 12.1. The van der Waals surface area contributed by atoms with Gasteiger partial charge in [0.2, 0.25) is 10.0 Å². The van der Waals surface area contributed by atoms with Crippen molar-refractivity contribution in [2.75, 3.05) is 36.8 Å². The quantitative estimate of drug-likeness (QED) is 0.839. The number of rotatable bonds is 5. The van der Waals surface area contributed by atoms with Crippen LogP contribution in [0, 0.1) is 0 Å². The minimum absolute atomic E-state index is 0.260. The molecule has 0 bridgehead atoms. The van der Waals surface area contributed by atoms with Gasteiger partial charge in [0.1, 0.15) is 0 Å². The summed E-state index contributed by atoms with van der Waals surface area (Å²) in [6, 6.07) is 8.44. The molecular weight excluding hydrogens is 284 g/mol. The van der Waals surface area contributed by atoms with E-state index in [0.717, 1.165) is 13.1 Å². The third-order valence-electron chi connectivity index (χ3n) is 3.99. The van der Waals surface area contributed by atoms with Gasteiger partial charge in [-0.15, -0.1) is 0 Å². The van der Waals surface area contributed by atoms with Crippen molar-refractivity contribution in [2.45, 2.75) is 33.1 Å². The Balaban J connectivity index is 2.08. The molecule has 0 N–H and O–H groups in total. The first-order valence-corrected chi connectivity index (χ1v) is 9.38. The topological polar surface area (TPSA) is 40.6 Å². The molecule has 5 heteroatoms. The summed E-state index contributed by atoms with van der Waals surface area (Å²) < 4.78 is 25.9. The highest BCUT2D eigenvalue weighted by Gasteiger charge is 2.27. The summed E-state index contributed by atoms with van der Waals surface area (Å²) in [4.78, 5) is 2.31. The van der Waals surface area contributed by atoms with Crippen LogP contribution in [0.5, 0.6) is 0 Å². The van der Waals surface area contributed by atoms with Crippen molar-refractivity contribution in [1.29, 1.82) is 0 Å². The Morgan fingerprint density at radius 2 is 1.71 bits per heavy atom. The molecule has 0 atom stereocenters. The molecule has 1 heterocycles. The Hall–Kier alpha value is -1.07. The van der Waals surface area contributed by atoms with Crippen LogP contribution >= 0.6 is 0 Å². The third-order valence-corrected chi connectivity index (χ3v) is 6.07. The van der Waals surface area contributed by atoms with Crippen LogP contribution in [-0.4, -0.2) is 44.7 Å². The fourth-order valence-electron chi connectivity index (χ4n) is 2.86. The zero-order valence-corrected chi connectivity index (χ0v) is 14.1. The summed E-state index contributed by atoms with van der Waals surface area (Å²) in [5, 5.41) is 0. The van der Waals surface area contributed by atoms with E-state index in [1.54, 1.807) is 4.31 Å². The summed E-state index contributed by atoms with van der Waals surface area (Å²) in [5.41, 5.74) is 2.59. The zero-order valence-electron chi connectivity index (χ0n) is 13.2. The highest BCUT2D eigenvalue weighted by molar-refractivity contribution is 7.89. The molecule has 0 spiro atoms. The van der Waals surface area contributed by atoms with Crippen molar-refractivity contribution in [2.24, 2.45) is 0 Å². The Morgan fingerprint density at radius 1 is 1.10 bits per heavy atom. The molecule has 118 valence electrons. The molecule has 4 nitrogen and oxygen atoms in total. The van der Waals surface area contributed by atoms with Gasteiger partial charge in [-0.25, -0.2) is 8.42 Å². The van der Waals surface area contributed by atoms with Gasteiger partial charge in [-0.1, -0.05) is 39.0 Å². The van der Waals surface area contributed by atoms with Crippen molar-refractivity contribution >= 4 is 15.7 Å². The molecule has 0 aromatic heterocycles. The second-order valence-corrected chi connectivity index (χ2v) is 8.00. The molecule has 1 aromatic carbocycles. The molecule has 1 aromatic rings. The molecule has 0 unspecified atom stereocenters. The summed E-state index contributed by atoms with van der Waals surface area (Å²) in [7, 11) is -3.06. The molecule has 1 aliphatic rings. The smallest absolute Gasteiger partial charge is 0.214 e. The van der Waals surface area contributed by atoms with E-state index in [9.17, 15) is 8.42 Å². The van der Waals surface area contributed by atoms with Crippen LogP contribution in [0.4, 0.5) is 5.69 Å². The van der Waals surface area contributed by atoms with Crippen molar-refractivity contribution in [3.05, 3.63) is 29.8 Å². The van der Waals surface area contributed by atoms with Crippen molar-refractivity contribution in [3.8, 4) is 0 Å². The summed E-state index contributed by atoms with van der Waals surface area (Å²) >= 11 is 0. The van der Waals surface area contributed by atoms with Crippen molar-refractivity contribution in [1.82, 2.24) is 4.31 Å². The molecule has 21 heavy (non-hydrogen) atoms. The van der Waals surface area contributed by atoms with Crippen LogP contribution in [0.1, 0.15) is 38.7 Å². The molecule has 0 amide bonds. The van der Waals surface area contributed by atoms with Gasteiger partial charge in [0.25, 0.3) is 0 Å². The second-order valence-electron chi connectivity index (χ2n) is 5.92. The Kier molecular flexibility index (Phi) is 5.27. The van der Waals surface area contributed by atoms with Gasteiger partial charge >= 0.3 is 0 Å². The average molecular weight is 310 g/mol. The number of anilines is 1. The lowest BCUT2D eigenvalue weighted by Gasteiger charge is -2.36. The van der Waals surface area contributed by atoms with Gasteiger partial charge in [0.05, 0.1) is 5.75 Å². The first-order chi connectivity index (χ1) is 9.95. The van der Waals surface area contributed by atoms with E-state index >= 15 is 0 Å². The fraction of sp³-hybridized carbons (Fsp3) is 0.625. The Labute approximate surface area is 128 Å². The van der Waals surface area contributed by atoms with Gasteiger partial charge in [-0.2, -0.15) is 4.31 Å². The van der Waals surface area contributed by atoms with Crippen LogP contribution in [-0.2, 0) is 10.0 Å². The summed E-state index contributed by atoms with van der Waals surface area (Å²) in [5.74, 6) is 0.735. The number of sulfonamides is 1. The summed E-state index contributed by atoms with van der Waals surface area (Å²) in [6.45, 7) is 9.02. The lowest BCUT2D eigenvalue weighted by molar-refractivity contribution is 0.384. The minimum atomic E-state index is -3.06. The number of para-hydroxylation sites is 1. The molecule has 2 rings (SSSR count). The van der Waals surface area contributed by atoms with Gasteiger partial charge in [0.15, 0.2) is 0 Å². The third kappa shape index (κ3) is 3.77. The SMILES string of the molecule is CCCS(=O)(=O)N1CCN(c2ccccc2C(C)C)CC1. The predicted molar refractivity (Wildman–Crippen MR) is 88.4 cm³/mol. The first-order valence-electron chi connectivity index (χ1n) is 7.77. The van der Waals surface area contributed by atoms with Crippen LogP contribution in [0.25, 0.3) is 0 Å². The van der Waals surface area contributed by atoms with Crippen LogP contribution in [0.2, 0.25) is 0 Å². The number of benzene rings is 1. The monoisotopic (exact) mass is 310 g/mol. The number of nitrogens with zero attached hydrogens (tertiary/aromatic N) is 2. The maximum Gasteiger partial charge on any atom is 0.214 e. The largest absolute Gasteiger partial charge is 0.369 e. The molecule has 0 radical (unpaired) electrons. The first kappa shape index (κ1) is 16.3. The van der Waals surface area contributed by atoms with Gasteiger partial charge < -0.3 is 4.90 Å². The second kappa shape index (κ2) is 6.79. The van der Waals surface area contributed by atoms with E-state index in [0.29, 0.717) is 25.4 Å². The van der Waals surface area contributed by atoms with E-state index in [2.05, 4.69) is 43.0 Å². The van der Waals surface area contributed by atoms with E-state index in [4.69, 9.17) is 0 Å². The number of piperazine rings is 1. The number of hydrogen-bond donors (Lipinski definition) is 0. The van der Waals surface area contributed by atoms with Gasteiger partial charge in [0, 0.05) is 31.9 Å². The molecule has 0 saturated carbocycles. The van der Waals surface area contributed by atoms with Crippen LogP contribution < -0.4 is 4.90 Å². The molecule has 0 aliphatic carbocycles. The van der Waals surface area contributed by atoms with Crippen LogP contribution in [0.3, 0.4) is 0 Å². The highest BCUT2D eigenvalue weighted by atomic mass is 32.2. The van der Waals surface area contributed by atoms with E-state index < -0.39 is 10.0 Å². The normalized spacial score (nSPS) is 17.4. The van der Waals surface area contributed by atoms with Gasteiger partial charge in [-0.3, -0.25) is 0 Å². The lowest BCUT2D eigenvalue weighted by atomic mass is 10.00. The highest BCUT2D eigenvalue weighted by Crippen LogP contribution is 2.28. The predicted octanol–water partition coefficient (Wildman–Crippen LogP) is 2.67. The number of hydrogen-bond acceptors (Lipinski definition) is 3. The standard InChI is InChI=1S/C16H26N2O2S/c1-4-13-21(19,20)18-11-9-17(10-12-18)16-8-6-5-7-15(16)14(2)3/h5-8,14H,4,9-13H2,1-3H3. The molecule has 1 saturated heterocycles. The minimum Gasteiger partial charge on any atom is -0.369 e. The van der Waals surface area contributed by atoms with Gasteiger partial charge in [-0.05, 0) is 24.0 Å². The Bertz CT molecular complexity index is 561. The van der Waals surface area contributed by atoms with E-state index in [-0.39, 0.29) is 5.75 Å². The molecular formula is C16H26N2O2S. The van der Waals surface area contributed by atoms with E-state index in [1.807, 2.05) is 6.92 Å². The zero-order chi connectivity index (χ0) is 15.5. The maximum absolute atomic E-state index is 12.1.